The number of benzene rings is 2. The lowest BCUT2D eigenvalue weighted by Crippen LogP contribution is -1.94. The van der Waals surface area contributed by atoms with Gasteiger partial charge in [-0.3, -0.25) is 0 Å². The Hall–Kier alpha value is -2.14. The first-order valence-electron chi connectivity index (χ1n) is 6.14. The van der Waals surface area contributed by atoms with E-state index in [4.69, 9.17) is 4.74 Å². The van der Waals surface area contributed by atoms with Crippen molar-refractivity contribution >= 4 is 32.4 Å². The Labute approximate surface area is 120 Å². The number of nitrogens with one attached hydrogen (secondary N) is 1. The molecule has 0 aliphatic carbocycles. The highest BCUT2D eigenvalue weighted by atomic mass is 32.1. The normalized spacial score (nSPS) is 10.8. The molecule has 1 heterocycles. The van der Waals surface area contributed by atoms with Crippen molar-refractivity contribution < 1.29 is 9.13 Å². The predicted molar refractivity (Wildman–Crippen MR) is 80.6 cm³/mol. The summed E-state index contributed by atoms with van der Waals surface area (Å²) in [5, 5.41) is 3.95. The van der Waals surface area contributed by atoms with Gasteiger partial charge in [0.25, 0.3) is 0 Å². The van der Waals surface area contributed by atoms with Crippen LogP contribution in [0.5, 0.6) is 5.75 Å². The lowest BCUT2D eigenvalue weighted by molar-refractivity contribution is 0.413. The van der Waals surface area contributed by atoms with E-state index in [1.165, 1.54) is 19.2 Å². The van der Waals surface area contributed by atoms with E-state index < -0.39 is 0 Å². The fourth-order valence-electron chi connectivity index (χ4n) is 2.02. The van der Waals surface area contributed by atoms with E-state index in [2.05, 4.69) is 10.3 Å². The molecule has 0 radical (unpaired) electrons. The van der Waals surface area contributed by atoms with Crippen molar-refractivity contribution in [3.8, 4) is 5.75 Å². The molecular formula is C15H13FN2OS. The van der Waals surface area contributed by atoms with E-state index in [9.17, 15) is 4.39 Å². The maximum Gasteiger partial charge on any atom is 0.188 e. The second-order valence-electron chi connectivity index (χ2n) is 4.41. The molecule has 2 aromatic carbocycles. The molecule has 102 valence electrons. The number of hydrogen-bond acceptors (Lipinski definition) is 4. The Morgan fingerprint density at radius 2 is 2.10 bits per heavy atom. The molecule has 0 amide bonds. The molecule has 3 nitrogen and oxygen atoms in total. The SMILES string of the molecule is COc1cc(F)ccc1Nc1nc2c(C)cccc2s1. The van der Waals surface area contributed by atoms with Crippen LogP contribution in [-0.2, 0) is 0 Å². The number of ether oxygens (including phenoxy) is 1. The predicted octanol–water partition coefficient (Wildman–Crippen LogP) is 4.50. The van der Waals surface area contributed by atoms with E-state index in [0.717, 1.165) is 20.9 Å². The van der Waals surface area contributed by atoms with Crippen molar-refractivity contribution in [3.05, 3.63) is 47.8 Å². The standard InChI is InChI=1S/C15H13FN2OS/c1-9-4-3-5-13-14(9)18-15(20-13)17-11-7-6-10(16)8-12(11)19-2/h3-8H,1-2H3,(H,17,18). The van der Waals surface area contributed by atoms with Crippen LogP contribution in [0.3, 0.4) is 0 Å². The van der Waals surface area contributed by atoms with Gasteiger partial charge in [0.2, 0.25) is 0 Å². The van der Waals surface area contributed by atoms with Crippen LogP contribution in [-0.4, -0.2) is 12.1 Å². The summed E-state index contributed by atoms with van der Waals surface area (Å²) >= 11 is 1.56. The molecule has 0 aliphatic heterocycles. The molecule has 0 saturated heterocycles. The molecule has 3 rings (SSSR count). The lowest BCUT2D eigenvalue weighted by Gasteiger charge is -2.08. The Morgan fingerprint density at radius 1 is 1.25 bits per heavy atom. The van der Waals surface area contributed by atoms with Crippen LogP contribution in [0.4, 0.5) is 15.2 Å². The van der Waals surface area contributed by atoms with Crippen molar-refractivity contribution in [1.82, 2.24) is 4.98 Å². The number of anilines is 2. The zero-order valence-electron chi connectivity index (χ0n) is 11.1. The summed E-state index contributed by atoms with van der Waals surface area (Å²) in [6.07, 6.45) is 0. The number of rotatable bonds is 3. The van der Waals surface area contributed by atoms with Crippen LogP contribution < -0.4 is 10.1 Å². The maximum atomic E-state index is 13.2. The topological polar surface area (TPSA) is 34.1 Å². The van der Waals surface area contributed by atoms with Gasteiger partial charge in [-0.05, 0) is 30.7 Å². The van der Waals surface area contributed by atoms with Crippen LogP contribution in [0.15, 0.2) is 36.4 Å². The van der Waals surface area contributed by atoms with Gasteiger partial charge in [-0.1, -0.05) is 23.5 Å². The number of fused-ring (bicyclic) bond motifs is 1. The van der Waals surface area contributed by atoms with Gasteiger partial charge < -0.3 is 10.1 Å². The van der Waals surface area contributed by atoms with Gasteiger partial charge in [0.05, 0.1) is 23.0 Å². The van der Waals surface area contributed by atoms with Gasteiger partial charge in [-0.25, -0.2) is 9.37 Å². The van der Waals surface area contributed by atoms with Gasteiger partial charge in [-0.15, -0.1) is 0 Å². The second-order valence-corrected chi connectivity index (χ2v) is 5.44. The van der Waals surface area contributed by atoms with Crippen molar-refractivity contribution in [2.45, 2.75) is 6.92 Å². The molecule has 0 fully saturated rings. The molecule has 3 aromatic rings. The molecular weight excluding hydrogens is 275 g/mol. The van der Waals surface area contributed by atoms with Crippen LogP contribution >= 0.6 is 11.3 Å². The van der Waals surface area contributed by atoms with Crippen LogP contribution in [0.2, 0.25) is 0 Å². The number of aromatic nitrogens is 1. The van der Waals surface area contributed by atoms with Crippen LogP contribution in [0.25, 0.3) is 10.2 Å². The van der Waals surface area contributed by atoms with E-state index in [1.807, 2.05) is 25.1 Å². The van der Waals surface area contributed by atoms with Crippen molar-refractivity contribution in [2.24, 2.45) is 0 Å². The maximum absolute atomic E-state index is 13.2. The van der Waals surface area contributed by atoms with Crippen LogP contribution in [0.1, 0.15) is 5.56 Å². The van der Waals surface area contributed by atoms with Crippen molar-refractivity contribution in [3.63, 3.8) is 0 Å². The summed E-state index contributed by atoms with van der Waals surface area (Å²) in [5.41, 5.74) is 2.82. The first kappa shape index (κ1) is 12.9. The average Bonchev–Trinajstić information content (AvgIpc) is 2.85. The molecule has 20 heavy (non-hydrogen) atoms. The summed E-state index contributed by atoms with van der Waals surface area (Å²) in [6.45, 7) is 2.03. The highest BCUT2D eigenvalue weighted by Crippen LogP contribution is 2.33. The molecule has 0 atom stereocenters. The minimum absolute atomic E-state index is 0.326. The molecule has 0 aliphatic rings. The van der Waals surface area contributed by atoms with E-state index in [-0.39, 0.29) is 5.82 Å². The number of nitrogens with zero attached hydrogens (tertiary/aromatic N) is 1. The summed E-state index contributed by atoms with van der Waals surface area (Å²) in [5.74, 6) is 0.133. The van der Waals surface area contributed by atoms with Gasteiger partial charge >= 0.3 is 0 Å². The van der Waals surface area contributed by atoms with Gasteiger partial charge in [0, 0.05) is 6.07 Å². The molecule has 0 spiro atoms. The number of aryl methyl sites for hydroxylation is 1. The number of hydrogen-bond donors (Lipinski definition) is 1. The monoisotopic (exact) mass is 288 g/mol. The smallest absolute Gasteiger partial charge is 0.188 e. The summed E-state index contributed by atoms with van der Waals surface area (Å²) in [4.78, 5) is 4.56. The van der Waals surface area contributed by atoms with E-state index in [1.54, 1.807) is 17.4 Å². The molecule has 5 heteroatoms. The number of methoxy groups -OCH3 is 1. The first-order valence-corrected chi connectivity index (χ1v) is 6.96. The molecule has 1 aromatic heterocycles. The van der Waals surface area contributed by atoms with Crippen molar-refractivity contribution in [1.29, 1.82) is 0 Å². The van der Waals surface area contributed by atoms with Gasteiger partial charge in [0.15, 0.2) is 5.13 Å². The van der Waals surface area contributed by atoms with E-state index >= 15 is 0 Å². The Bertz CT molecular complexity index is 770. The highest BCUT2D eigenvalue weighted by Gasteiger charge is 2.09. The lowest BCUT2D eigenvalue weighted by atomic mass is 10.2. The minimum atomic E-state index is -0.326. The largest absolute Gasteiger partial charge is 0.494 e. The number of para-hydroxylation sites is 1. The number of thiazole rings is 1. The summed E-state index contributed by atoms with van der Waals surface area (Å²) in [7, 11) is 1.52. The molecule has 0 saturated carbocycles. The second kappa shape index (κ2) is 5.09. The van der Waals surface area contributed by atoms with Crippen molar-refractivity contribution in [2.75, 3.05) is 12.4 Å². The minimum Gasteiger partial charge on any atom is -0.494 e. The molecule has 0 unspecified atom stereocenters. The zero-order chi connectivity index (χ0) is 14.1. The first-order chi connectivity index (χ1) is 9.67. The van der Waals surface area contributed by atoms with Gasteiger partial charge in [-0.2, -0.15) is 0 Å². The van der Waals surface area contributed by atoms with E-state index in [0.29, 0.717) is 11.4 Å². The quantitative estimate of drug-likeness (QED) is 0.770. The Morgan fingerprint density at radius 3 is 2.85 bits per heavy atom. The number of halogens is 1. The Kier molecular flexibility index (Phi) is 3.28. The third-order valence-corrected chi connectivity index (χ3v) is 3.96. The van der Waals surface area contributed by atoms with Crippen LogP contribution in [0, 0.1) is 12.7 Å². The average molecular weight is 288 g/mol. The Balaban J connectivity index is 1.99. The molecule has 1 N–H and O–H groups in total. The fourth-order valence-corrected chi connectivity index (χ4v) is 2.98. The van der Waals surface area contributed by atoms with Gasteiger partial charge in [0.1, 0.15) is 11.6 Å². The third-order valence-electron chi connectivity index (χ3n) is 3.03. The fraction of sp³-hybridized carbons (Fsp3) is 0.133. The molecule has 0 bridgehead atoms. The summed E-state index contributed by atoms with van der Waals surface area (Å²) in [6, 6.07) is 10.5. The summed E-state index contributed by atoms with van der Waals surface area (Å²) < 4.78 is 19.5. The zero-order valence-corrected chi connectivity index (χ0v) is 11.9. The highest BCUT2D eigenvalue weighted by molar-refractivity contribution is 7.22. The third kappa shape index (κ3) is 2.32.